The lowest BCUT2D eigenvalue weighted by Crippen LogP contribution is -2.30. The summed E-state index contributed by atoms with van der Waals surface area (Å²) in [6, 6.07) is 7.28. The molecule has 0 radical (unpaired) electrons. The van der Waals surface area contributed by atoms with Crippen molar-refractivity contribution in [1.82, 2.24) is 4.90 Å². The van der Waals surface area contributed by atoms with Gasteiger partial charge in [-0.2, -0.15) is 0 Å². The van der Waals surface area contributed by atoms with Gasteiger partial charge in [0.2, 0.25) is 11.8 Å². The Kier molecular flexibility index (Phi) is 5.09. The van der Waals surface area contributed by atoms with E-state index < -0.39 is 0 Å². The van der Waals surface area contributed by atoms with Crippen LogP contribution < -0.4 is 4.74 Å². The number of rotatable bonds is 6. The van der Waals surface area contributed by atoms with Crippen LogP contribution >= 0.6 is 0 Å². The second-order valence-electron chi connectivity index (χ2n) is 5.18. The van der Waals surface area contributed by atoms with Gasteiger partial charge in [-0.25, -0.2) is 0 Å². The van der Waals surface area contributed by atoms with E-state index in [9.17, 15) is 14.4 Å². The summed E-state index contributed by atoms with van der Waals surface area (Å²) in [6.45, 7) is 2.36. The van der Waals surface area contributed by atoms with Crippen LogP contribution in [0.2, 0.25) is 0 Å². The van der Waals surface area contributed by atoms with Crippen LogP contribution in [0.5, 0.6) is 5.75 Å². The number of imide groups is 1. The number of esters is 1. The van der Waals surface area contributed by atoms with Gasteiger partial charge in [0.25, 0.3) is 0 Å². The van der Waals surface area contributed by atoms with Gasteiger partial charge in [0, 0.05) is 25.8 Å². The number of aryl methyl sites for hydroxylation is 1. The molecule has 1 fully saturated rings. The number of carbonyl (C=O) groups excluding carboxylic acids is 3. The second-order valence-corrected chi connectivity index (χ2v) is 5.18. The van der Waals surface area contributed by atoms with Crippen LogP contribution in [-0.2, 0) is 14.4 Å². The third-order valence-corrected chi connectivity index (χ3v) is 3.42. The SMILES string of the molecule is Cc1ccc(OC(=O)CCCCN2C(=O)CCC2=O)cc1. The van der Waals surface area contributed by atoms with E-state index in [1.54, 1.807) is 12.1 Å². The van der Waals surface area contributed by atoms with Crippen LogP contribution in [0.3, 0.4) is 0 Å². The molecule has 0 aromatic heterocycles. The quantitative estimate of drug-likeness (QED) is 0.348. The fraction of sp³-hybridized carbons (Fsp3) is 0.438. The van der Waals surface area contributed by atoms with E-state index in [4.69, 9.17) is 4.74 Å². The highest BCUT2D eigenvalue weighted by Crippen LogP contribution is 2.14. The van der Waals surface area contributed by atoms with Crippen molar-refractivity contribution in [2.24, 2.45) is 0 Å². The van der Waals surface area contributed by atoms with Crippen molar-refractivity contribution >= 4 is 17.8 Å². The van der Waals surface area contributed by atoms with Crippen molar-refractivity contribution in [3.8, 4) is 5.75 Å². The monoisotopic (exact) mass is 289 g/mol. The summed E-state index contributed by atoms with van der Waals surface area (Å²) in [6.07, 6.45) is 2.13. The maximum absolute atomic E-state index is 11.7. The Bertz CT molecular complexity index is 520. The number of unbranched alkanes of at least 4 members (excludes halogenated alkanes) is 1. The Balaban J connectivity index is 1.66. The fourth-order valence-corrected chi connectivity index (χ4v) is 2.20. The minimum Gasteiger partial charge on any atom is -0.427 e. The molecule has 0 N–H and O–H groups in total. The zero-order valence-corrected chi connectivity index (χ0v) is 12.1. The molecule has 0 aliphatic carbocycles. The summed E-state index contributed by atoms with van der Waals surface area (Å²) < 4.78 is 5.20. The molecule has 5 nitrogen and oxygen atoms in total. The predicted molar refractivity (Wildman–Crippen MR) is 76.6 cm³/mol. The number of carbonyl (C=O) groups is 3. The summed E-state index contributed by atoms with van der Waals surface area (Å²) in [5, 5.41) is 0. The van der Waals surface area contributed by atoms with Gasteiger partial charge in [0.05, 0.1) is 0 Å². The Morgan fingerprint density at radius 2 is 1.71 bits per heavy atom. The molecule has 1 heterocycles. The topological polar surface area (TPSA) is 63.7 Å². The smallest absolute Gasteiger partial charge is 0.311 e. The van der Waals surface area contributed by atoms with Gasteiger partial charge in [-0.15, -0.1) is 0 Å². The number of benzene rings is 1. The Hall–Kier alpha value is -2.17. The summed E-state index contributed by atoms with van der Waals surface area (Å²) in [5.74, 6) is 0.0258. The Morgan fingerprint density at radius 1 is 1.10 bits per heavy atom. The first-order valence-corrected chi connectivity index (χ1v) is 7.17. The highest BCUT2D eigenvalue weighted by Gasteiger charge is 2.27. The third-order valence-electron chi connectivity index (χ3n) is 3.42. The van der Waals surface area contributed by atoms with Crippen LogP contribution in [0.4, 0.5) is 0 Å². The molecule has 0 saturated carbocycles. The first kappa shape index (κ1) is 15.2. The first-order chi connectivity index (χ1) is 10.1. The summed E-state index contributed by atoms with van der Waals surface area (Å²) in [5.41, 5.74) is 1.11. The second kappa shape index (κ2) is 7.02. The van der Waals surface area contributed by atoms with Crippen LogP contribution in [0, 0.1) is 6.92 Å². The normalized spacial score (nSPS) is 14.6. The molecule has 0 spiro atoms. The van der Waals surface area contributed by atoms with Crippen molar-refractivity contribution in [3.05, 3.63) is 29.8 Å². The van der Waals surface area contributed by atoms with Crippen molar-refractivity contribution in [1.29, 1.82) is 0 Å². The number of nitrogens with zero attached hydrogens (tertiary/aromatic N) is 1. The Morgan fingerprint density at radius 3 is 2.33 bits per heavy atom. The molecule has 0 bridgehead atoms. The minimum absolute atomic E-state index is 0.109. The fourth-order valence-electron chi connectivity index (χ4n) is 2.20. The van der Waals surface area contributed by atoms with Gasteiger partial charge in [0.1, 0.15) is 5.75 Å². The average molecular weight is 289 g/mol. The van der Waals surface area contributed by atoms with Crippen LogP contribution in [-0.4, -0.2) is 29.2 Å². The number of ether oxygens (including phenoxy) is 1. The van der Waals surface area contributed by atoms with E-state index >= 15 is 0 Å². The standard InChI is InChI=1S/C16H19NO4/c1-12-5-7-13(8-6-12)21-16(20)4-2-3-11-17-14(18)9-10-15(17)19/h5-8H,2-4,9-11H2,1H3. The molecule has 1 aliphatic heterocycles. The highest BCUT2D eigenvalue weighted by molar-refractivity contribution is 6.01. The van der Waals surface area contributed by atoms with Gasteiger partial charge >= 0.3 is 5.97 Å². The van der Waals surface area contributed by atoms with Crippen LogP contribution in [0.15, 0.2) is 24.3 Å². The van der Waals surface area contributed by atoms with E-state index in [1.165, 1.54) is 4.90 Å². The highest BCUT2D eigenvalue weighted by atomic mass is 16.5. The maximum atomic E-state index is 11.7. The molecular weight excluding hydrogens is 270 g/mol. The number of hydrogen-bond donors (Lipinski definition) is 0. The summed E-state index contributed by atoms with van der Waals surface area (Å²) >= 11 is 0. The number of amides is 2. The lowest BCUT2D eigenvalue weighted by molar-refractivity contribution is -0.138. The zero-order valence-electron chi connectivity index (χ0n) is 12.1. The Labute approximate surface area is 123 Å². The van der Waals surface area contributed by atoms with E-state index in [1.807, 2.05) is 19.1 Å². The zero-order chi connectivity index (χ0) is 15.2. The lowest BCUT2D eigenvalue weighted by atomic mass is 10.2. The first-order valence-electron chi connectivity index (χ1n) is 7.17. The van der Waals surface area contributed by atoms with Gasteiger partial charge in [-0.3, -0.25) is 19.3 Å². The van der Waals surface area contributed by atoms with Gasteiger partial charge < -0.3 is 4.74 Å². The molecule has 5 heteroatoms. The largest absolute Gasteiger partial charge is 0.427 e. The van der Waals surface area contributed by atoms with Crippen LogP contribution in [0.25, 0.3) is 0 Å². The van der Waals surface area contributed by atoms with E-state index in [-0.39, 0.29) is 24.2 Å². The molecule has 1 aromatic carbocycles. The maximum Gasteiger partial charge on any atom is 0.311 e. The molecule has 2 amide bonds. The molecule has 1 aromatic rings. The van der Waals surface area contributed by atoms with Gasteiger partial charge in [-0.1, -0.05) is 17.7 Å². The molecule has 1 aliphatic rings. The molecule has 2 rings (SSSR count). The summed E-state index contributed by atoms with van der Waals surface area (Å²) in [7, 11) is 0. The van der Waals surface area contributed by atoms with E-state index in [0.717, 1.165) is 5.56 Å². The lowest BCUT2D eigenvalue weighted by Gasteiger charge is -2.12. The van der Waals surface area contributed by atoms with Gasteiger partial charge in [-0.05, 0) is 31.9 Å². The molecule has 0 unspecified atom stereocenters. The van der Waals surface area contributed by atoms with Crippen molar-refractivity contribution in [3.63, 3.8) is 0 Å². The van der Waals surface area contributed by atoms with Crippen molar-refractivity contribution in [2.75, 3.05) is 6.54 Å². The molecule has 0 atom stereocenters. The van der Waals surface area contributed by atoms with Crippen molar-refractivity contribution in [2.45, 2.75) is 39.0 Å². The minimum atomic E-state index is -0.294. The van der Waals surface area contributed by atoms with Crippen LogP contribution in [0.1, 0.15) is 37.7 Å². The third kappa shape index (κ3) is 4.41. The molecular formula is C16H19NO4. The van der Waals surface area contributed by atoms with Crippen molar-refractivity contribution < 1.29 is 19.1 Å². The molecule has 21 heavy (non-hydrogen) atoms. The predicted octanol–water partition coefficient (Wildman–Crippen LogP) is 2.22. The van der Waals surface area contributed by atoms with E-state index in [0.29, 0.717) is 38.0 Å². The average Bonchev–Trinajstić information content (AvgIpc) is 2.77. The molecule has 112 valence electrons. The van der Waals surface area contributed by atoms with E-state index in [2.05, 4.69) is 0 Å². The number of hydrogen-bond acceptors (Lipinski definition) is 4. The molecule has 1 saturated heterocycles. The number of likely N-dealkylation sites (tertiary alicyclic amines) is 1. The summed E-state index contributed by atoms with van der Waals surface area (Å²) in [4.78, 5) is 35.7. The van der Waals surface area contributed by atoms with Gasteiger partial charge in [0.15, 0.2) is 0 Å².